The summed E-state index contributed by atoms with van der Waals surface area (Å²) in [4.78, 5) is 42.3. The highest BCUT2D eigenvalue weighted by Gasteiger charge is 2.39. The number of aromatic carboxylic acids is 1. The average Bonchev–Trinajstić information content (AvgIpc) is 3.43. The number of pyridine rings is 1. The van der Waals surface area contributed by atoms with E-state index in [4.69, 9.17) is 16.7 Å². The van der Waals surface area contributed by atoms with E-state index in [1.807, 2.05) is 0 Å². The molecule has 4 aromatic rings. The number of carbonyl (C=O) groups is 2. The number of imidazole rings is 1. The predicted octanol–water partition coefficient (Wildman–Crippen LogP) is 4.11. The molecule has 0 unspecified atom stereocenters. The molecule has 1 aromatic carbocycles. The third kappa shape index (κ3) is 4.65. The van der Waals surface area contributed by atoms with Crippen molar-refractivity contribution in [3.05, 3.63) is 75.9 Å². The summed E-state index contributed by atoms with van der Waals surface area (Å²) in [5.41, 5.74) is -1.47. The number of halogens is 4. The smallest absolute Gasteiger partial charge is 0.435 e. The molecule has 4 rings (SSSR count). The minimum atomic E-state index is -4.79. The zero-order chi connectivity index (χ0) is 26.2. The van der Waals surface area contributed by atoms with Crippen LogP contribution in [-0.4, -0.2) is 36.6 Å². The van der Waals surface area contributed by atoms with E-state index in [9.17, 15) is 27.7 Å². The maximum Gasteiger partial charge on any atom is 0.435 e. The van der Waals surface area contributed by atoms with Gasteiger partial charge in [0.05, 0.1) is 28.0 Å². The molecule has 3 N–H and O–H groups in total. The first-order valence-corrected chi connectivity index (χ1v) is 10.3. The molecular formula is C21H14ClF3N7O4+. The summed E-state index contributed by atoms with van der Waals surface area (Å²) in [6.07, 6.45) is -1.46. The number of anilines is 1. The molecule has 0 radical (unpaired) electrons. The second-order valence-electron chi connectivity index (χ2n) is 7.34. The van der Waals surface area contributed by atoms with Crippen LogP contribution in [0.3, 0.4) is 0 Å². The van der Waals surface area contributed by atoms with Crippen molar-refractivity contribution >= 4 is 34.9 Å². The number of H-pyrrole nitrogens is 1. The van der Waals surface area contributed by atoms with Crippen LogP contribution in [0.2, 0.25) is 5.02 Å². The number of aromatic amines is 1. The molecule has 1 amide bonds. The van der Waals surface area contributed by atoms with Gasteiger partial charge in [-0.3, -0.25) is 4.79 Å². The Morgan fingerprint density at radius 3 is 2.53 bits per heavy atom. The lowest BCUT2D eigenvalue weighted by Gasteiger charge is -2.09. The highest BCUT2D eigenvalue weighted by molar-refractivity contribution is 6.33. The van der Waals surface area contributed by atoms with Gasteiger partial charge in [0, 0.05) is 18.8 Å². The van der Waals surface area contributed by atoms with Gasteiger partial charge < -0.3 is 15.0 Å². The topological polar surface area (TPSA) is 146 Å². The standard InChI is InChI=1S/C21H13ClF3N7O4/c1-31-15(8-27-18(31)19(33)28-10-2-4-12(20(34)35)14(22)6-10)13-9-32(29-17(13)21(23,24)25)16-5-3-11(30-36)7-26-16/h2-9H,1H3,(H2,28,33,34,35)/p+1. The number of carboxylic acids is 1. The molecule has 3 aromatic heterocycles. The number of nitrogens with zero attached hydrogens (tertiary/aromatic N) is 5. The molecule has 0 bridgehead atoms. The number of carboxylic acid groups (broad SMARTS) is 1. The summed E-state index contributed by atoms with van der Waals surface area (Å²) in [7, 11) is 1.36. The second kappa shape index (κ2) is 9.22. The molecule has 15 heteroatoms. The van der Waals surface area contributed by atoms with Crippen molar-refractivity contribution in [1.82, 2.24) is 19.6 Å². The summed E-state index contributed by atoms with van der Waals surface area (Å²) in [5, 5.41) is 16.3. The van der Waals surface area contributed by atoms with Gasteiger partial charge in [-0.2, -0.15) is 13.2 Å². The lowest BCUT2D eigenvalue weighted by molar-refractivity contribution is -0.660. The van der Waals surface area contributed by atoms with E-state index in [0.717, 1.165) is 27.8 Å². The van der Waals surface area contributed by atoms with Crippen LogP contribution < -0.4 is 10.00 Å². The SMILES string of the molecule is Cn1c(-c2c[n+](-c3ccc(N=O)cn3)[nH]c2C(F)(F)F)cnc1C(=O)Nc1ccc(C(=O)O)c(Cl)c1. The zero-order valence-electron chi connectivity index (χ0n) is 18.0. The number of alkyl halides is 3. The van der Waals surface area contributed by atoms with Gasteiger partial charge in [-0.25, -0.2) is 14.9 Å². The Hall–Kier alpha value is -4.59. The van der Waals surface area contributed by atoms with Crippen LogP contribution in [0, 0.1) is 4.91 Å². The van der Waals surface area contributed by atoms with Gasteiger partial charge >= 0.3 is 18.0 Å². The summed E-state index contributed by atoms with van der Waals surface area (Å²) < 4.78 is 43.6. The lowest BCUT2D eigenvalue weighted by atomic mass is 10.2. The van der Waals surface area contributed by atoms with Crippen molar-refractivity contribution in [2.45, 2.75) is 6.18 Å². The minimum absolute atomic E-state index is 0.00310. The first-order chi connectivity index (χ1) is 17.0. The molecule has 3 heterocycles. The molecule has 0 aliphatic carbocycles. The molecule has 0 saturated carbocycles. The highest BCUT2D eigenvalue weighted by Crippen LogP contribution is 2.35. The number of rotatable bonds is 6. The monoisotopic (exact) mass is 520 g/mol. The van der Waals surface area contributed by atoms with E-state index in [2.05, 4.69) is 25.6 Å². The van der Waals surface area contributed by atoms with Crippen molar-refractivity contribution < 1.29 is 32.5 Å². The molecule has 36 heavy (non-hydrogen) atoms. The van der Waals surface area contributed by atoms with E-state index in [1.165, 1.54) is 37.4 Å². The number of hydrogen-bond donors (Lipinski definition) is 3. The Balaban J connectivity index is 1.69. The maximum absolute atomic E-state index is 13.8. The van der Waals surface area contributed by atoms with Crippen LogP contribution in [-0.2, 0) is 13.2 Å². The fourth-order valence-electron chi connectivity index (χ4n) is 3.34. The Kier molecular flexibility index (Phi) is 6.28. The van der Waals surface area contributed by atoms with Crippen LogP contribution in [0.5, 0.6) is 0 Å². The van der Waals surface area contributed by atoms with Gasteiger partial charge in [-0.1, -0.05) is 11.6 Å². The molecule has 0 spiro atoms. The third-order valence-electron chi connectivity index (χ3n) is 5.05. The largest absolute Gasteiger partial charge is 0.478 e. The summed E-state index contributed by atoms with van der Waals surface area (Å²) >= 11 is 5.91. The Labute approximate surface area is 204 Å². The van der Waals surface area contributed by atoms with Gasteiger partial charge in [0.15, 0.2) is 23.4 Å². The Bertz CT molecular complexity index is 1500. The molecule has 0 aliphatic heterocycles. The van der Waals surface area contributed by atoms with Crippen molar-refractivity contribution in [2.24, 2.45) is 12.2 Å². The third-order valence-corrected chi connectivity index (χ3v) is 5.37. The molecule has 0 atom stereocenters. The quantitative estimate of drug-likeness (QED) is 0.257. The number of nitroso groups, excluding NO2 is 1. The Morgan fingerprint density at radius 2 is 1.94 bits per heavy atom. The van der Waals surface area contributed by atoms with Gasteiger partial charge in [0.2, 0.25) is 0 Å². The van der Waals surface area contributed by atoms with Crippen molar-refractivity contribution in [1.29, 1.82) is 0 Å². The average molecular weight is 521 g/mol. The van der Waals surface area contributed by atoms with Gasteiger partial charge in [-0.15, -0.1) is 9.59 Å². The first kappa shape index (κ1) is 24.5. The molecule has 184 valence electrons. The van der Waals surface area contributed by atoms with Crippen LogP contribution in [0.4, 0.5) is 24.5 Å². The maximum atomic E-state index is 13.8. The minimum Gasteiger partial charge on any atom is -0.478 e. The van der Waals surface area contributed by atoms with Crippen molar-refractivity contribution in [2.75, 3.05) is 5.32 Å². The number of nitrogens with one attached hydrogen (secondary N) is 2. The van der Waals surface area contributed by atoms with E-state index < -0.39 is 23.7 Å². The van der Waals surface area contributed by atoms with Gasteiger partial charge in [0.1, 0.15) is 6.20 Å². The highest BCUT2D eigenvalue weighted by atomic mass is 35.5. The number of hydrogen-bond acceptors (Lipinski definition) is 6. The van der Waals surface area contributed by atoms with E-state index in [-0.39, 0.29) is 44.9 Å². The zero-order valence-corrected chi connectivity index (χ0v) is 18.8. The summed E-state index contributed by atoms with van der Waals surface area (Å²) in [5.74, 6) is -2.18. The normalized spacial score (nSPS) is 11.4. The summed E-state index contributed by atoms with van der Waals surface area (Å²) in [6, 6.07) is 6.33. The number of benzene rings is 1. The van der Waals surface area contributed by atoms with Gasteiger partial charge in [0.25, 0.3) is 5.91 Å². The van der Waals surface area contributed by atoms with E-state index in [0.29, 0.717) is 0 Å². The molecule has 0 saturated heterocycles. The van der Waals surface area contributed by atoms with Gasteiger partial charge in [-0.05, 0) is 34.4 Å². The lowest BCUT2D eigenvalue weighted by Crippen LogP contribution is -2.33. The first-order valence-electron chi connectivity index (χ1n) is 9.87. The van der Waals surface area contributed by atoms with Crippen LogP contribution in [0.25, 0.3) is 17.1 Å². The van der Waals surface area contributed by atoms with E-state index in [1.54, 1.807) is 0 Å². The second-order valence-corrected chi connectivity index (χ2v) is 7.75. The van der Waals surface area contributed by atoms with Crippen LogP contribution in [0.15, 0.2) is 54.1 Å². The van der Waals surface area contributed by atoms with Crippen molar-refractivity contribution in [3.63, 3.8) is 0 Å². The molecule has 0 fully saturated rings. The predicted molar refractivity (Wildman–Crippen MR) is 119 cm³/mol. The molecule has 0 aliphatic rings. The fraction of sp³-hybridized carbons (Fsp3) is 0.0952. The van der Waals surface area contributed by atoms with Crippen LogP contribution in [0.1, 0.15) is 26.7 Å². The van der Waals surface area contributed by atoms with Crippen molar-refractivity contribution in [3.8, 4) is 17.1 Å². The fourth-order valence-corrected chi connectivity index (χ4v) is 3.60. The molecular weight excluding hydrogens is 507 g/mol. The van der Waals surface area contributed by atoms with E-state index >= 15 is 0 Å². The van der Waals surface area contributed by atoms with Crippen LogP contribution >= 0.6 is 11.6 Å². The summed E-state index contributed by atoms with van der Waals surface area (Å²) in [6.45, 7) is 0. The number of aromatic nitrogens is 5. The number of amides is 1. The number of carbonyl (C=O) groups excluding carboxylic acids is 1. The Morgan fingerprint density at radius 1 is 1.19 bits per heavy atom. The molecule has 11 nitrogen and oxygen atoms in total.